The van der Waals surface area contributed by atoms with Gasteiger partial charge in [-0.2, -0.15) is 5.26 Å². The van der Waals surface area contributed by atoms with Crippen molar-refractivity contribution in [2.75, 3.05) is 6.61 Å². The summed E-state index contributed by atoms with van der Waals surface area (Å²) < 4.78 is 5.45. The van der Waals surface area contributed by atoms with Crippen LogP contribution in [0.15, 0.2) is 36.4 Å². The predicted octanol–water partition coefficient (Wildman–Crippen LogP) is 2.71. The number of rotatable bonds is 4. The first kappa shape index (κ1) is 10.3. The smallest absolute Gasteiger partial charge is 0.120 e. The van der Waals surface area contributed by atoms with Crippen LogP contribution in [-0.4, -0.2) is 6.61 Å². The first-order valence-electron chi connectivity index (χ1n) is 4.45. The Hall–Kier alpha value is -1.75. The molecule has 1 aromatic rings. The van der Waals surface area contributed by atoms with E-state index in [4.69, 9.17) is 10.00 Å². The molecule has 0 aliphatic rings. The molecule has 1 rings (SSSR count). The van der Waals surface area contributed by atoms with E-state index in [9.17, 15) is 0 Å². The van der Waals surface area contributed by atoms with Gasteiger partial charge in [-0.15, -0.1) is 0 Å². The molecule has 0 amide bonds. The average molecular weight is 187 g/mol. The largest absolute Gasteiger partial charge is 0.489 e. The molecule has 1 aromatic carbocycles. The van der Waals surface area contributed by atoms with Crippen molar-refractivity contribution in [3.05, 3.63) is 42.0 Å². The Labute approximate surface area is 84.4 Å². The lowest BCUT2D eigenvalue weighted by Gasteiger charge is -2.06. The van der Waals surface area contributed by atoms with Crippen LogP contribution in [0.1, 0.15) is 12.5 Å². The van der Waals surface area contributed by atoms with Crippen LogP contribution in [0.2, 0.25) is 0 Å². The molecule has 0 aliphatic carbocycles. The third-order valence-corrected chi connectivity index (χ3v) is 1.67. The quantitative estimate of drug-likeness (QED) is 0.679. The summed E-state index contributed by atoms with van der Waals surface area (Å²) in [5.41, 5.74) is 1.96. The standard InChI is InChI=1S/C12H13NO/c1-10(2)9-14-12-5-3-4-11(8-12)6-7-13/h3-5,8H,1,6,9H2,2H3. The summed E-state index contributed by atoms with van der Waals surface area (Å²) in [6, 6.07) is 9.67. The Morgan fingerprint density at radius 3 is 3.00 bits per heavy atom. The average Bonchev–Trinajstić information content (AvgIpc) is 2.16. The zero-order valence-electron chi connectivity index (χ0n) is 8.29. The number of nitriles is 1. The fraction of sp³-hybridized carbons (Fsp3) is 0.250. The second-order valence-corrected chi connectivity index (χ2v) is 3.23. The summed E-state index contributed by atoms with van der Waals surface area (Å²) in [6.45, 7) is 6.19. The van der Waals surface area contributed by atoms with Gasteiger partial charge in [0.1, 0.15) is 12.4 Å². The van der Waals surface area contributed by atoms with E-state index in [1.54, 1.807) is 0 Å². The van der Waals surface area contributed by atoms with Crippen molar-refractivity contribution in [1.82, 2.24) is 0 Å². The molecule has 0 atom stereocenters. The Balaban J connectivity index is 2.64. The van der Waals surface area contributed by atoms with Crippen molar-refractivity contribution in [1.29, 1.82) is 5.26 Å². The van der Waals surface area contributed by atoms with E-state index in [0.717, 1.165) is 16.9 Å². The fourth-order valence-corrected chi connectivity index (χ4v) is 1.04. The van der Waals surface area contributed by atoms with Gasteiger partial charge in [0.15, 0.2) is 0 Å². The molecule has 0 spiro atoms. The first-order chi connectivity index (χ1) is 6.72. The second kappa shape index (κ2) is 5.08. The maximum absolute atomic E-state index is 8.52. The lowest BCUT2D eigenvalue weighted by molar-refractivity contribution is 0.352. The highest BCUT2D eigenvalue weighted by atomic mass is 16.5. The second-order valence-electron chi connectivity index (χ2n) is 3.23. The molecule has 0 unspecified atom stereocenters. The van der Waals surface area contributed by atoms with E-state index in [2.05, 4.69) is 12.6 Å². The van der Waals surface area contributed by atoms with Gasteiger partial charge in [0.2, 0.25) is 0 Å². The number of ether oxygens (including phenoxy) is 1. The van der Waals surface area contributed by atoms with Crippen molar-refractivity contribution in [2.24, 2.45) is 0 Å². The Morgan fingerprint density at radius 1 is 1.57 bits per heavy atom. The molecule has 0 N–H and O–H groups in total. The molecular weight excluding hydrogens is 174 g/mol. The van der Waals surface area contributed by atoms with Crippen LogP contribution >= 0.6 is 0 Å². The molecule has 0 saturated carbocycles. The van der Waals surface area contributed by atoms with Crippen molar-refractivity contribution in [3.63, 3.8) is 0 Å². The van der Waals surface area contributed by atoms with Gasteiger partial charge in [-0.05, 0) is 30.2 Å². The summed E-state index contributed by atoms with van der Waals surface area (Å²) in [6.07, 6.45) is 0.421. The van der Waals surface area contributed by atoms with Crippen LogP contribution in [0.3, 0.4) is 0 Å². The van der Waals surface area contributed by atoms with Crippen LogP contribution in [0.4, 0.5) is 0 Å². The number of hydrogen-bond donors (Lipinski definition) is 0. The molecule has 0 fully saturated rings. The van der Waals surface area contributed by atoms with Crippen LogP contribution in [0, 0.1) is 11.3 Å². The minimum absolute atomic E-state index is 0.421. The third kappa shape index (κ3) is 3.32. The van der Waals surface area contributed by atoms with E-state index in [1.165, 1.54) is 0 Å². The molecule has 0 saturated heterocycles. The minimum atomic E-state index is 0.421. The van der Waals surface area contributed by atoms with Gasteiger partial charge in [0.05, 0.1) is 12.5 Å². The van der Waals surface area contributed by atoms with E-state index in [0.29, 0.717) is 13.0 Å². The van der Waals surface area contributed by atoms with Gasteiger partial charge in [-0.1, -0.05) is 18.7 Å². The van der Waals surface area contributed by atoms with Gasteiger partial charge in [-0.3, -0.25) is 0 Å². The highest BCUT2D eigenvalue weighted by Gasteiger charge is 1.96. The summed E-state index contributed by atoms with van der Waals surface area (Å²) >= 11 is 0. The Morgan fingerprint density at radius 2 is 2.36 bits per heavy atom. The minimum Gasteiger partial charge on any atom is -0.489 e. The molecule has 72 valence electrons. The summed E-state index contributed by atoms with van der Waals surface area (Å²) in [5.74, 6) is 0.792. The van der Waals surface area contributed by atoms with Crippen LogP contribution < -0.4 is 4.74 Å². The highest BCUT2D eigenvalue weighted by molar-refractivity contribution is 5.30. The van der Waals surface area contributed by atoms with Crippen LogP contribution in [0.25, 0.3) is 0 Å². The van der Waals surface area contributed by atoms with Crippen molar-refractivity contribution >= 4 is 0 Å². The third-order valence-electron chi connectivity index (χ3n) is 1.67. The van der Waals surface area contributed by atoms with Gasteiger partial charge in [0, 0.05) is 0 Å². The lowest BCUT2D eigenvalue weighted by Crippen LogP contribution is -1.97. The van der Waals surface area contributed by atoms with Gasteiger partial charge >= 0.3 is 0 Å². The lowest BCUT2D eigenvalue weighted by atomic mass is 10.1. The first-order valence-corrected chi connectivity index (χ1v) is 4.45. The fourth-order valence-electron chi connectivity index (χ4n) is 1.04. The Kier molecular flexibility index (Phi) is 3.75. The SMILES string of the molecule is C=C(C)COc1cccc(CC#N)c1. The molecule has 14 heavy (non-hydrogen) atoms. The van der Waals surface area contributed by atoms with Crippen LogP contribution in [-0.2, 0) is 6.42 Å². The van der Waals surface area contributed by atoms with Gasteiger partial charge in [-0.25, -0.2) is 0 Å². The zero-order valence-corrected chi connectivity index (χ0v) is 8.29. The molecular formula is C12H13NO. The van der Waals surface area contributed by atoms with Crippen molar-refractivity contribution in [3.8, 4) is 11.8 Å². The molecule has 0 radical (unpaired) electrons. The number of nitrogens with zero attached hydrogens (tertiary/aromatic N) is 1. The summed E-state index contributed by atoms with van der Waals surface area (Å²) in [4.78, 5) is 0. The van der Waals surface area contributed by atoms with E-state index >= 15 is 0 Å². The predicted molar refractivity (Wildman–Crippen MR) is 56.1 cm³/mol. The molecule has 2 nitrogen and oxygen atoms in total. The van der Waals surface area contributed by atoms with Gasteiger partial charge < -0.3 is 4.74 Å². The molecule has 0 heterocycles. The van der Waals surface area contributed by atoms with Crippen molar-refractivity contribution < 1.29 is 4.74 Å². The normalized spacial score (nSPS) is 9.14. The molecule has 0 aromatic heterocycles. The van der Waals surface area contributed by atoms with Gasteiger partial charge in [0.25, 0.3) is 0 Å². The molecule has 0 bridgehead atoms. The highest BCUT2D eigenvalue weighted by Crippen LogP contribution is 2.14. The number of hydrogen-bond acceptors (Lipinski definition) is 2. The maximum atomic E-state index is 8.52. The molecule has 2 heteroatoms. The monoisotopic (exact) mass is 187 g/mol. The van der Waals surface area contributed by atoms with Crippen molar-refractivity contribution in [2.45, 2.75) is 13.3 Å². The van der Waals surface area contributed by atoms with Crippen LogP contribution in [0.5, 0.6) is 5.75 Å². The molecule has 0 aliphatic heterocycles. The number of benzene rings is 1. The summed E-state index contributed by atoms with van der Waals surface area (Å²) in [7, 11) is 0. The Bertz CT molecular complexity index is 363. The van der Waals surface area contributed by atoms with E-state index in [1.807, 2.05) is 31.2 Å². The summed E-state index contributed by atoms with van der Waals surface area (Å²) in [5, 5.41) is 8.52. The van der Waals surface area contributed by atoms with E-state index in [-0.39, 0.29) is 0 Å². The maximum Gasteiger partial charge on any atom is 0.120 e. The topological polar surface area (TPSA) is 33.0 Å². The van der Waals surface area contributed by atoms with E-state index < -0.39 is 0 Å². The zero-order chi connectivity index (χ0) is 10.4.